The lowest BCUT2D eigenvalue weighted by atomic mass is 9.97. The van der Waals surface area contributed by atoms with E-state index in [4.69, 9.17) is 0 Å². The number of aliphatic hydroxyl groups is 1. The van der Waals surface area contributed by atoms with Gasteiger partial charge in [-0.2, -0.15) is 0 Å². The molecule has 0 heterocycles. The number of hydrogen-bond donors (Lipinski definition) is 2. The number of rotatable bonds is 9. The van der Waals surface area contributed by atoms with Crippen LogP contribution in [-0.2, 0) is 0 Å². The van der Waals surface area contributed by atoms with Crippen molar-refractivity contribution in [3.63, 3.8) is 0 Å². The van der Waals surface area contributed by atoms with Gasteiger partial charge >= 0.3 is 0 Å². The predicted molar refractivity (Wildman–Crippen MR) is 71.6 cm³/mol. The Morgan fingerprint density at radius 2 is 1.62 bits per heavy atom. The van der Waals surface area contributed by atoms with Crippen molar-refractivity contribution < 1.29 is 5.11 Å². The van der Waals surface area contributed by atoms with Crippen molar-refractivity contribution in [2.75, 3.05) is 6.54 Å². The van der Waals surface area contributed by atoms with Crippen LogP contribution in [0.3, 0.4) is 0 Å². The van der Waals surface area contributed by atoms with E-state index in [1.165, 1.54) is 12.8 Å². The predicted octanol–water partition coefficient (Wildman–Crippen LogP) is 3.20. The van der Waals surface area contributed by atoms with Crippen LogP contribution in [0.25, 0.3) is 0 Å². The first-order chi connectivity index (χ1) is 7.49. The zero-order valence-corrected chi connectivity index (χ0v) is 11.8. The second kappa shape index (κ2) is 9.00. The first-order valence-electron chi connectivity index (χ1n) is 6.90. The molecule has 2 N–H and O–H groups in total. The largest absolute Gasteiger partial charge is 0.392 e. The maximum absolute atomic E-state index is 9.79. The molecule has 0 aromatic heterocycles. The summed E-state index contributed by atoms with van der Waals surface area (Å²) >= 11 is 0. The molecule has 98 valence electrons. The van der Waals surface area contributed by atoms with Crippen molar-refractivity contribution in [3.8, 4) is 0 Å². The molecule has 0 bridgehead atoms. The van der Waals surface area contributed by atoms with Gasteiger partial charge in [0.1, 0.15) is 0 Å². The summed E-state index contributed by atoms with van der Waals surface area (Å²) in [4.78, 5) is 0. The summed E-state index contributed by atoms with van der Waals surface area (Å²) in [5, 5.41) is 13.3. The van der Waals surface area contributed by atoms with Crippen molar-refractivity contribution in [2.24, 2.45) is 11.8 Å². The van der Waals surface area contributed by atoms with Crippen LogP contribution in [-0.4, -0.2) is 23.8 Å². The third-order valence-electron chi connectivity index (χ3n) is 3.26. The minimum Gasteiger partial charge on any atom is -0.392 e. The van der Waals surface area contributed by atoms with Crippen LogP contribution in [0.1, 0.15) is 60.3 Å². The highest BCUT2D eigenvalue weighted by Gasteiger charge is 2.12. The fourth-order valence-corrected chi connectivity index (χ4v) is 1.98. The number of nitrogens with one attached hydrogen (secondary N) is 1. The molecule has 0 aliphatic heterocycles. The summed E-state index contributed by atoms with van der Waals surface area (Å²) < 4.78 is 0. The van der Waals surface area contributed by atoms with Gasteiger partial charge in [-0.15, -0.1) is 0 Å². The standard InChI is InChI=1S/C14H31NO/c1-6-12(5)9-13(7-2)15-10-14(16)8-11(3)4/h11-16H,6-10H2,1-5H3. The topological polar surface area (TPSA) is 32.3 Å². The molecule has 0 spiro atoms. The third kappa shape index (κ3) is 8.12. The summed E-state index contributed by atoms with van der Waals surface area (Å²) in [5.41, 5.74) is 0. The molecule has 0 radical (unpaired) electrons. The Balaban J connectivity index is 3.77. The Bertz CT molecular complexity index is 159. The van der Waals surface area contributed by atoms with Crippen LogP contribution in [0.4, 0.5) is 0 Å². The second-order valence-corrected chi connectivity index (χ2v) is 5.55. The maximum atomic E-state index is 9.79. The Kier molecular flexibility index (Phi) is 8.96. The first kappa shape index (κ1) is 15.9. The molecule has 0 saturated heterocycles. The molecule has 3 unspecified atom stereocenters. The maximum Gasteiger partial charge on any atom is 0.0667 e. The quantitative estimate of drug-likeness (QED) is 0.636. The van der Waals surface area contributed by atoms with Gasteiger partial charge in [-0.1, -0.05) is 41.0 Å². The van der Waals surface area contributed by atoms with Crippen molar-refractivity contribution in [2.45, 2.75) is 72.4 Å². The van der Waals surface area contributed by atoms with E-state index in [2.05, 4.69) is 39.9 Å². The van der Waals surface area contributed by atoms with Crippen LogP contribution in [0, 0.1) is 11.8 Å². The van der Waals surface area contributed by atoms with Crippen LogP contribution in [0.5, 0.6) is 0 Å². The van der Waals surface area contributed by atoms with Crippen molar-refractivity contribution in [1.29, 1.82) is 0 Å². The van der Waals surface area contributed by atoms with Crippen molar-refractivity contribution in [1.82, 2.24) is 5.32 Å². The van der Waals surface area contributed by atoms with E-state index in [0.717, 1.165) is 25.3 Å². The molecule has 2 heteroatoms. The summed E-state index contributed by atoms with van der Waals surface area (Å²) in [6, 6.07) is 0.566. The van der Waals surface area contributed by atoms with Gasteiger partial charge in [0, 0.05) is 12.6 Å². The van der Waals surface area contributed by atoms with Crippen molar-refractivity contribution >= 4 is 0 Å². The minimum absolute atomic E-state index is 0.189. The SMILES string of the molecule is CCC(C)CC(CC)NCC(O)CC(C)C. The Morgan fingerprint density at radius 3 is 2.06 bits per heavy atom. The van der Waals surface area contributed by atoms with E-state index in [1.54, 1.807) is 0 Å². The Morgan fingerprint density at radius 1 is 1.00 bits per heavy atom. The average molecular weight is 229 g/mol. The van der Waals surface area contributed by atoms with E-state index < -0.39 is 0 Å². The fraction of sp³-hybridized carbons (Fsp3) is 1.00. The summed E-state index contributed by atoms with van der Waals surface area (Å²) in [5.74, 6) is 1.35. The first-order valence-corrected chi connectivity index (χ1v) is 6.90. The molecule has 2 nitrogen and oxygen atoms in total. The fourth-order valence-electron chi connectivity index (χ4n) is 1.98. The summed E-state index contributed by atoms with van der Waals surface area (Å²) in [6.45, 7) is 11.8. The van der Waals surface area contributed by atoms with Gasteiger partial charge < -0.3 is 10.4 Å². The molecule has 0 aromatic carbocycles. The highest BCUT2D eigenvalue weighted by Crippen LogP contribution is 2.12. The number of hydrogen-bond acceptors (Lipinski definition) is 2. The highest BCUT2D eigenvalue weighted by atomic mass is 16.3. The van der Waals surface area contributed by atoms with Gasteiger partial charge in [0.2, 0.25) is 0 Å². The lowest BCUT2D eigenvalue weighted by Gasteiger charge is -2.22. The Labute approximate surface area is 102 Å². The summed E-state index contributed by atoms with van der Waals surface area (Å²) in [6.07, 6.45) is 4.32. The normalized spacial score (nSPS) is 17.4. The monoisotopic (exact) mass is 229 g/mol. The van der Waals surface area contributed by atoms with Gasteiger partial charge in [0.05, 0.1) is 6.10 Å². The van der Waals surface area contributed by atoms with E-state index >= 15 is 0 Å². The second-order valence-electron chi connectivity index (χ2n) is 5.55. The van der Waals surface area contributed by atoms with Gasteiger partial charge in [0.25, 0.3) is 0 Å². The van der Waals surface area contributed by atoms with E-state index in [-0.39, 0.29) is 6.10 Å². The van der Waals surface area contributed by atoms with Crippen LogP contribution >= 0.6 is 0 Å². The zero-order chi connectivity index (χ0) is 12.6. The smallest absolute Gasteiger partial charge is 0.0667 e. The average Bonchev–Trinajstić information content (AvgIpc) is 2.22. The molecular weight excluding hydrogens is 198 g/mol. The van der Waals surface area contributed by atoms with Gasteiger partial charge in [-0.05, 0) is 31.1 Å². The molecule has 16 heavy (non-hydrogen) atoms. The van der Waals surface area contributed by atoms with Gasteiger partial charge in [-0.25, -0.2) is 0 Å². The molecule has 0 aliphatic carbocycles. The van der Waals surface area contributed by atoms with Crippen LogP contribution in [0.15, 0.2) is 0 Å². The molecular formula is C14H31NO. The van der Waals surface area contributed by atoms with Crippen LogP contribution < -0.4 is 5.32 Å². The molecule has 0 saturated carbocycles. The molecule has 0 aromatic rings. The lowest BCUT2D eigenvalue weighted by Crippen LogP contribution is -2.36. The molecule has 0 aliphatic rings. The van der Waals surface area contributed by atoms with E-state index in [9.17, 15) is 5.11 Å². The zero-order valence-electron chi connectivity index (χ0n) is 11.8. The molecule has 0 fully saturated rings. The lowest BCUT2D eigenvalue weighted by molar-refractivity contribution is 0.140. The molecule has 0 amide bonds. The minimum atomic E-state index is -0.189. The van der Waals surface area contributed by atoms with E-state index in [0.29, 0.717) is 12.0 Å². The molecule has 3 atom stereocenters. The van der Waals surface area contributed by atoms with Crippen molar-refractivity contribution in [3.05, 3.63) is 0 Å². The van der Waals surface area contributed by atoms with Gasteiger partial charge in [-0.3, -0.25) is 0 Å². The number of aliphatic hydroxyl groups excluding tert-OH is 1. The van der Waals surface area contributed by atoms with Crippen LogP contribution in [0.2, 0.25) is 0 Å². The van der Waals surface area contributed by atoms with E-state index in [1.807, 2.05) is 0 Å². The summed E-state index contributed by atoms with van der Waals surface area (Å²) in [7, 11) is 0. The third-order valence-corrected chi connectivity index (χ3v) is 3.26. The molecule has 0 rings (SSSR count). The van der Waals surface area contributed by atoms with Gasteiger partial charge in [0.15, 0.2) is 0 Å². The highest BCUT2D eigenvalue weighted by molar-refractivity contribution is 4.71. The Hall–Kier alpha value is -0.0800.